The van der Waals surface area contributed by atoms with Crippen LogP contribution in [0.5, 0.6) is 0 Å². The zero-order valence-corrected chi connectivity index (χ0v) is 19.2. The van der Waals surface area contributed by atoms with Crippen molar-refractivity contribution in [1.82, 2.24) is 0 Å². The lowest BCUT2D eigenvalue weighted by atomic mass is 9.94. The fraction of sp³-hybridized carbons (Fsp3) is 0.727. The van der Waals surface area contributed by atoms with Gasteiger partial charge >= 0.3 is 5.97 Å². The van der Waals surface area contributed by atoms with Crippen molar-refractivity contribution in [2.45, 2.75) is 39.5 Å². The van der Waals surface area contributed by atoms with Crippen LogP contribution in [-0.4, -0.2) is 75.5 Å². The van der Waals surface area contributed by atoms with Crippen LogP contribution >= 0.6 is 12.2 Å². The second kappa shape index (κ2) is 15.9. The number of ether oxygens (including phenoxy) is 4. The third kappa shape index (κ3) is 12.0. The fourth-order valence-corrected chi connectivity index (χ4v) is 3.06. The zero-order chi connectivity index (χ0) is 23.0. The molecule has 1 aliphatic rings. The summed E-state index contributed by atoms with van der Waals surface area (Å²) in [5.41, 5.74) is -0.414. The molecule has 0 saturated carbocycles. The fourth-order valence-electron chi connectivity index (χ4n) is 2.97. The summed E-state index contributed by atoms with van der Waals surface area (Å²) in [5.74, 6) is -1.10. The molecule has 0 aromatic rings. The lowest BCUT2D eigenvalue weighted by Crippen LogP contribution is -2.35. The van der Waals surface area contributed by atoms with E-state index in [-0.39, 0.29) is 30.6 Å². The van der Waals surface area contributed by atoms with Gasteiger partial charge in [0.1, 0.15) is 0 Å². The standard InChI is InChI=1S/C22H33NO7S/c1-3-30-21(26)9-13-29-16-22(2,15-28-12-5-10-23-17-31)14-27-11-4-6-18-19(24)7-8-20(18)25/h7-8,18H,3-6,9-16H2,1-2H3. The molecule has 0 saturated heterocycles. The lowest BCUT2D eigenvalue weighted by molar-refractivity contribution is -0.145. The van der Waals surface area contributed by atoms with Gasteiger partial charge in [-0.2, -0.15) is 0 Å². The van der Waals surface area contributed by atoms with E-state index in [9.17, 15) is 14.4 Å². The van der Waals surface area contributed by atoms with Crippen LogP contribution < -0.4 is 0 Å². The van der Waals surface area contributed by atoms with Crippen LogP contribution in [0.4, 0.5) is 0 Å². The maximum atomic E-state index is 11.6. The number of aliphatic imine (C=N–C) groups is 1. The molecule has 0 spiro atoms. The molecule has 0 radical (unpaired) electrons. The number of ketones is 2. The number of carbonyl (C=O) groups excluding carboxylic acids is 3. The summed E-state index contributed by atoms with van der Waals surface area (Å²) in [6.45, 7) is 7.03. The van der Waals surface area contributed by atoms with Crippen molar-refractivity contribution >= 4 is 34.9 Å². The second-order valence-corrected chi connectivity index (χ2v) is 7.87. The number of thiocarbonyl (C=S) groups is 1. The largest absolute Gasteiger partial charge is 0.466 e. The Morgan fingerprint density at radius 2 is 1.65 bits per heavy atom. The van der Waals surface area contributed by atoms with E-state index < -0.39 is 11.3 Å². The average Bonchev–Trinajstić information content (AvgIpc) is 3.06. The molecule has 0 fully saturated rings. The maximum Gasteiger partial charge on any atom is 0.308 e. The Bertz CT molecular complexity index is 642. The summed E-state index contributed by atoms with van der Waals surface area (Å²) < 4.78 is 22.1. The molecule has 1 atom stereocenters. The van der Waals surface area contributed by atoms with Gasteiger partial charge in [0.05, 0.1) is 57.1 Å². The van der Waals surface area contributed by atoms with E-state index in [2.05, 4.69) is 22.4 Å². The molecule has 0 amide bonds. The minimum atomic E-state index is -0.556. The Morgan fingerprint density at radius 3 is 2.23 bits per heavy atom. The quantitative estimate of drug-likeness (QED) is 0.102. The molecule has 0 bridgehead atoms. The molecule has 0 aliphatic heterocycles. The highest BCUT2D eigenvalue weighted by atomic mass is 32.1. The van der Waals surface area contributed by atoms with Crippen molar-refractivity contribution in [3.63, 3.8) is 0 Å². The monoisotopic (exact) mass is 455 g/mol. The first-order valence-corrected chi connectivity index (χ1v) is 11.0. The zero-order valence-electron chi connectivity index (χ0n) is 18.4. The summed E-state index contributed by atoms with van der Waals surface area (Å²) in [6.07, 6.45) is 4.71. The molecule has 0 heterocycles. The molecule has 31 heavy (non-hydrogen) atoms. The topological polar surface area (TPSA) is 100 Å². The van der Waals surface area contributed by atoms with Crippen molar-refractivity contribution < 1.29 is 33.3 Å². The van der Waals surface area contributed by atoms with E-state index in [1.807, 2.05) is 6.92 Å². The van der Waals surface area contributed by atoms with Gasteiger partial charge < -0.3 is 18.9 Å². The molecule has 0 aromatic heterocycles. The lowest BCUT2D eigenvalue weighted by Gasteiger charge is -2.29. The van der Waals surface area contributed by atoms with E-state index in [4.69, 9.17) is 18.9 Å². The summed E-state index contributed by atoms with van der Waals surface area (Å²) in [6, 6.07) is 0. The first-order valence-electron chi connectivity index (χ1n) is 10.6. The van der Waals surface area contributed by atoms with Crippen LogP contribution in [0.3, 0.4) is 0 Å². The van der Waals surface area contributed by atoms with E-state index in [0.29, 0.717) is 59.0 Å². The third-order valence-corrected chi connectivity index (χ3v) is 4.74. The van der Waals surface area contributed by atoms with Gasteiger partial charge in [0.2, 0.25) is 0 Å². The van der Waals surface area contributed by atoms with Crippen molar-refractivity contribution in [2.24, 2.45) is 16.3 Å². The van der Waals surface area contributed by atoms with Gasteiger partial charge in [0, 0.05) is 18.6 Å². The smallest absolute Gasteiger partial charge is 0.308 e. The number of carbonyl (C=O) groups is 3. The summed E-state index contributed by atoms with van der Waals surface area (Å²) >= 11 is 4.54. The van der Waals surface area contributed by atoms with Crippen molar-refractivity contribution in [2.75, 3.05) is 52.8 Å². The number of allylic oxidation sites excluding steroid dienone is 2. The maximum absolute atomic E-state index is 11.6. The van der Waals surface area contributed by atoms with Crippen LogP contribution in [0.2, 0.25) is 0 Å². The van der Waals surface area contributed by atoms with Gasteiger partial charge in [0.25, 0.3) is 0 Å². The number of rotatable bonds is 18. The third-order valence-electron chi connectivity index (χ3n) is 4.61. The normalized spacial score (nSPS) is 15.7. The van der Waals surface area contributed by atoms with Gasteiger partial charge in [-0.1, -0.05) is 6.92 Å². The van der Waals surface area contributed by atoms with Crippen molar-refractivity contribution in [3.8, 4) is 0 Å². The summed E-state index contributed by atoms with van der Waals surface area (Å²) in [4.78, 5) is 38.5. The van der Waals surface area contributed by atoms with E-state index in [0.717, 1.165) is 6.42 Å². The molecular formula is C22H33NO7S. The van der Waals surface area contributed by atoms with Gasteiger partial charge in [-0.3, -0.25) is 14.4 Å². The molecule has 174 valence electrons. The number of nitrogens with zero attached hydrogens (tertiary/aromatic N) is 1. The highest BCUT2D eigenvalue weighted by Gasteiger charge is 2.28. The second-order valence-electron chi connectivity index (χ2n) is 7.68. The molecule has 8 nitrogen and oxygen atoms in total. The van der Waals surface area contributed by atoms with Crippen LogP contribution in [0.25, 0.3) is 0 Å². The summed E-state index contributed by atoms with van der Waals surface area (Å²) in [7, 11) is 0. The Morgan fingerprint density at radius 1 is 1.06 bits per heavy atom. The predicted octanol–water partition coefficient (Wildman–Crippen LogP) is 2.59. The molecule has 9 heteroatoms. The number of esters is 1. The van der Waals surface area contributed by atoms with E-state index in [1.54, 1.807) is 6.92 Å². The van der Waals surface area contributed by atoms with Gasteiger partial charge in [-0.25, -0.2) is 4.99 Å². The Labute approximate surface area is 189 Å². The Balaban J connectivity index is 2.37. The number of hydrogen-bond donors (Lipinski definition) is 0. The van der Waals surface area contributed by atoms with Crippen molar-refractivity contribution in [1.29, 1.82) is 0 Å². The SMILES string of the molecule is CCOC(=O)CCOCC(C)(COCCCN=C=S)COCCCC1C(=O)C=CC1=O. The highest BCUT2D eigenvalue weighted by Crippen LogP contribution is 2.20. The molecule has 1 rings (SSSR count). The van der Waals surface area contributed by atoms with Crippen LogP contribution in [0.15, 0.2) is 17.1 Å². The molecule has 0 N–H and O–H groups in total. The van der Waals surface area contributed by atoms with Crippen LogP contribution in [0.1, 0.15) is 39.5 Å². The number of isothiocyanates is 1. The molecule has 1 unspecified atom stereocenters. The molecular weight excluding hydrogens is 422 g/mol. The van der Waals surface area contributed by atoms with E-state index >= 15 is 0 Å². The first kappa shape index (κ1) is 27.3. The van der Waals surface area contributed by atoms with Gasteiger partial charge in [0.15, 0.2) is 11.6 Å². The van der Waals surface area contributed by atoms with Gasteiger partial charge in [-0.15, -0.1) is 0 Å². The highest BCUT2D eigenvalue weighted by molar-refractivity contribution is 7.78. The molecule has 1 aliphatic carbocycles. The Hall–Kier alpha value is -1.77. The van der Waals surface area contributed by atoms with Crippen LogP contribution in [-0.2, 0) is 33.3 Å². The Kier molecular flexibility index (Phi) is 14.0. The predicted molar refractivity (Wildman–Crippen MR) is 118 cm³/mol. The minimum absolute atomic E-state index is 0.129. The first-order chi connectivity index (χ1) is 14.9. The van der Waals surface area contributed by atoms with E-state index in [1.165, 1.54) is 12.2 Å². The molecule has 0 aromatic carbocycles. The number of hydrogen-bond acceptors (Lipinski definition) is 9. The van der Waals surface area contributed by atoms with Gasteiger partial charge in [-0.05, 0) is 50.6 Å². The average molecular weight is 456 g/mol. The minimum Gasteiger partial charge on any atom is -0.466 e. The van der Waals surface area contributed by atoms with Crippen molar-refractivity contribution in [3.05, 3.63) is 12.2 Å². The van der Waals surface area contributed by atoms with Crippen LogP contribution in [0, 0.1) is 11.3 Å². The summed E-state index contributed by atoms with van der Waals surface area (Å²) in [5, 5.41) is 2.32.